The first-order valence-electron chi connectivity index (χ1n) is 7.48. The van der Waals surface area contributed by atoms with E-state index in [1.54, 1.807) is 0 Å². The maximum absolute atomic E-state index is 5.75. The summed E-state index contributed by atoms with van der Waals surface area (Å²) < 4.78 is 11.4. The van der Waals surface area contributed by atoms with Gasteiger partial charge < -0.3 is 14.8 Å². The van der Waals surface area contributed by atoms with E-state index in [1.165, 1.54) is 10.4 Å². The van der Waals surface area contributed by atoms with Crippen LogP contribution in [0.4, 0.5) is 0 Å². The average Bonchev–Trinajstić information content (AvgIpc) is 2.90. The molecule has 3 nitrogen and oxygen atoms in total. The van der Waals surface area contributed by atoms with Gasteiger partial charge in [0.15, 0.2) is 11.5 Å². The molecule has 0 saturated carbocycles. The SMILES string of the molecule is CC(NCCc1cccs1)c1ccc2c(c1)OCCCO2. The van der Waals surface area contributed by atoms with Gasteiger partial charge in [-0.15, -0.1) is 11.3 Å². The highest BCUT2D eigenvalue weighted by atomic mass is 32.1. The lowest BCUT2D eigenvalue weighted by Crippen LogP contribution is -2.21. The van der Waals surface area contributed by atoms with Crippen molar-refractivity contribution in [1.82, 2.24) is 5.32 Å². The minimum atomic E-state index is 0.308. The number of benzene rings is 1. The van der Waals surface area contributed by atoms with E-state index in [4.69, 9.17) is 9.47 Å². The Bertz CT molecular complexity index is 568. The first-order valence-corrected chi connectivity index (χ1v) is 8.36. The lowest BCUT2D eigenvalue weighted by molar-refractivity contribution is 0.297. The predicted octanol–water partition coefficient (Wildman–Crippen LogP) is 3.80. The van der Waals surface area contributed by atoms with E-state index in [-0.39, 0.29) is 0 Å². The summed E-state index contributed by atoms with van der Waals surface area (Å²) in [4.78, 5) is 1.42. The van der Waals surface area contributed by atoms with Gasteiger partial charge in [0.1, 0.15) is 0 Å². The van der Waals surface area contributed by atoms with Crippen LogP contribution in [-0.2, 0) is 6.42 Å². The van der Waals surface area contributed by atoms with Crippen LogP contribution >= 0.6 is 11.3 Å². The summed E-state index contributed by atoms with van der Waals surface area (Å²) in [7, 11) is 0. The molecule has 3 rings (SSSR count). The lowest BCUT2D eigenvalue weighted by atomic mass is 10.1. The Morgan fingerprint density at radius 3 is 2.86 bits per heavy atom. The Balaban J connectivity index is 1.59. The summed E-state index contributed by atoms with van der Waals surface area (Å²) in [5.41, 5.74) is 1.24. The molecule has 1 unspecified atom stereocenters. The van der Waals surface area contributed by atoms with Crippen molar-refractivity contribution in [2.45, 2.75) is 25.8 Å². The van der Waals surface area contributed by atoms with Crippen molar-refractivity contribution >= 4 is 11.3 Å². The molecule has 1 aliphatic heterocycles. The van der Waals surface area contributed by atoms with Gasteiger partial charge in [-0.2, -0.15) is 0 Å². The molecule has 0 aliphatic carbocycles. The molecule has 112 valence electrons. The zero-order chi connectivity index (χ0) is 14.5. The molecule has 0 bridgehead atoms. The van der Waals surface area contributed by atoms with E-state index in [2.05, 4.69) is 41.9 Å². The normalized spacial score (nSPS) is 15.5. The van der Waals surface area contributed by atoms with Crippen molar-refractivity contribution < 1.29 is 9.47 Å². The Kier molecular flexibility index (Phi) is 4.78. The number of rotatable bonds is 5. The minimum Gasteiger partial charge on any atom is -0.490 e. The van der Waals surface area contributed by atoms with Gasteiger partial charge in [0.2, 0.25) is 0 Å². The second kappa shape index (κ2) is 6.96. The van der Waals surface area contributed by atoms with Gasteiger partial charge in [-0.05, 0) is 42.5 Å². The highest BCUT2D eigenvalue weighted by molar-refractivity contribution is 7.09. The summed E-state index contributed by atoms with van der Waals surface area (Å²) in [6.07, 6.45) is 2.02. The van der Waals surface area contributed by atoms with E-state index < -0.39 is 0 Å². The molecule has 2 aromatic rings. The van der Waals surface area contributed by atoms with E-state index in [0.29, 0.717) is 6.04 Å². The largest absolute Gasteiger partial charge is 0.490 e. The molecular weight excluding hydrogens is 282 g/mol. The zero-order valence-electron chi connectivity index (χ0n) is 12.3. The van der Waals surface area contributed by atoms with Gasteiger partial charge in [-0.3, -0.25) is 0 Å². The van der Waals surface area contributed by atoms with Gasteiger partial charge in [0.25, 0.3) is 0 Å². The van der Waals surface area contributed by atoms with E-state index in [1.807, 2.05) is 17.4 Å². The Hall–Kier alpha value is -1.52. The molecule has 1 aromatic carbocycles. The van der Waals surface area contributed by atoms with Gasteiger partial charge >= 0.3 is 0 Å². The second-order valence-corrected chi connectivity index (χ2v) is 6.29. The number of hydrogen-bond donors (Lipinski definition) is 1. The molecule has 0 radical (unpaired) electrons. The van der Waals surface area contributed by atoms with Gasteiger partial charge in [-0.25, -0.2) is 0 Å². The molecule has 0 spiro atoms. The third kappa shape index (κ3) is 3.77. The van der Waals surface area contributed by atoms with Crippen molar-refractivity contribution in [3.8, 4) is 11.5 Å². The fraction of sp³-hybridized carbons (Fsp3) is 0.412. The molecule has 4 heteroatoms. The van der Waals surface area contributed by atoms with Crippen LogP contribution in [0.1, 0.15) is 29.8 Å². The maximum Gasteiger partial charge on any atom is 0.161 e. The zero-order valence-corrected chi connectivity index (χ0v) is 13.1. The summed E-state index contributed by atoms with van der Waals surface area (Å²) in [5, 5.41) is 5.70. The first kappa shape index (κ1) is 14.4. The topological polar surface area (TPSA) is 30.5 Å². The molecule has 2 heterocycles. The van der Waals surface area contributed by atoms with Crippen LogP contribution in [-0.4, -0.2) is 19.8 Å². The van der Waals surface area contributed by atoms with Crippen LogP contribution in [0.2, 0.25) is 0 Å². The fourth-order valence-corrected chi connectivity index (χ4v) is 3.14. The predicted molar refractivity (Wildman–Crippen MR) is 86.5 cm³/mol. The van der Waals surface area contributed by atoms with E-state index in [9.17, 15) is 0 Å². The molecule has 0 fully saturated rings. The van der Waals surface area contributed by atoms with Crippen molar-refractivity contribution in [2.75, 3.05) is 19.8 Å². The molecule has 1 atom stereocenters. The van der Waals surface area contributed by atoms with Crippen molar-refractivity contribution in [1.29, 1.82) is 0 Å². The first-order chi connectivity index (χ1) is 10.3. The number of fused-ring (bicyclic) bond motifs is 1. The van der Waals surface area contributed by atoms with E-state index in [0.717, 1.165) is 44.1 Å². The molecule has 0 saturated heterocycles. The Labute approximate surface area is 129 Å². The number of hydrogen-bond acceptors (Lipinski definition) is 4. The fourth-order valence-electron chi connectivity index (χ4n) is 2.43. The van der Waals surface area contributed by atoms with Gasteiger partial charge in [-0.1, -0.05) is 12.1 Å². The summed E-state index contributed by atoms with van der Waals surface area (Å²) in [6, 6.07) is 10.8. The van der Waals surface area contributed by atoms with Crippen molar-refractivity contribution in [2.24, 2.45) is 0 Å². The molecule has 1 aromatic heterocycles. The molecular formula is C17H21NO2S. The standard InChI is InChI=1S/C17H21NO2S/c1-13(18-8-7-15-4-2-11-21-15)14-5-6-16-17(12-14)20-10-3-9-19-16/h2,4-6,11-13,18H,3,7-10H2,1H3. The van der Waals surface area contributed by atoms with Crippen LogP contribution in [0.25, 0.3) is 0 Å². The van der Waals surface area contributed by atoms with Crippen LogP contribution in [0, 0.1) is 0 Å². The maximum atomic E-state index is 5.75. The van der Waals surface area contributed by atoms with E-state index >= 15 is 0 Å². The minimum absolute atomic E-state index is 0.308. The Morgan fingerprint density at radius 2 is 2.05 bits per heavy atom. The highest BCUT2D eigenvalue weighted by Gasteiger charge is 2.13. The molecule has 1 N–H and O–H groups in total. The third-order valence-corrected chi connectivity index (χ3v) is 4.61. The lowest BCUT2D eigenvalue weighted by Gasteiger charge is -2.16. The monoisotopic (exact) mass is 303 g/mol. The molecule has 0 amide bonds. The number of thiophene rings is 1. The smallest absolute Gasteiger partial charge is 0.161 e. The van der Waals surface area contributed by atoms with Crippen molar-refractivity contribution in [3.05, 3.63) is 46.2 Å². The van der Waals surface area contributed by atoms with Gasteiger partial charge in [0.05, 0.1) is 13.2 Å². The van der Waals surface area contributed by atoms with Crippen LogP contribution in [0.3, 0.4) is 0 Å². The van der Waals surface area contributed by atoms with Gasteiger partial charge in [0, 0.05) is 23.9 Å². The summed E-state index contributed by atoms with van der Waals surface area (Å²) >= 11 is 1.81. The quantitative estimate of drug-likeness (QED) is 0.911. The average molecular weight is 303 g/mol. The summed E-state index contributed by atoms with van der Waals surface area (Å²) in [5.74, 6) is 1.74. The van der Waals surface area contributed by atoms with Crippen LogP contribution < -0.4 is 14.8 Å². The number of nitrogens with one attached hydrogen (secondary N) is 1. The highest BCUT2D eigenvalue weighted by Crippen LogP contribution is 2.32. The van der Waals surface area contributed by atoms with Crippen LogP contribution in [0.15, 0.2) is 35.7 Å². The third-order valence-electron chi connectivity index (χ3n) is 3.67. The second-order valence-electron chi connectivity index (χ2n) is 5.26. The number of ether oxygens (including phenoxy) is 2. The molecule has 21 heavy (non-hydrogen) atoms. The summed E-state index contributed by atoms with van der Waals surface area (Å²) in [6.45, 7) is 4.64. The van der Waals surface area contributed by atoms with Crippen LogP contribution in [0.5, 0.6) is 11.5 Å². The van der Waals surface area contributed by atoms with Crippen molar-refractivity contribution in [3.63, 3.8) is 0 Å². The molecule has 1 aliphatic rings. The Morgan fingerprint density at radius 1 is 1.19 bits per heavy atom.